The van der Waals surface area contributed by atoms with Crippen LogP contribution in [0.15, 0.2) is 54.9 Å². The van der Waals surface area contributed by atoms with Crippen molar-refractivity contribution >= 4 is 28.9 Å². The van der Waals surface area contributed by atoms with Gasteiger partial charge < -0.3 is 4.90 Å². The first-order valence-electron chi connectivity index (χ1n) is 8.38. The SMILES string of the molecule is O=C(c1cnn(Cc2ccccc2Cl)c1)N1CCc2ccc([N+](=O)[O-])cc21. The Balaban J connectivity index is 1.57. The molecule has 0 N–H and O–H groups in total. The molecule has 0 spiro atoms. The molecule has 3 aromatic rings. The Bertz CT molecular complexity index is 1050. The number of fused-ring (bicyclic) bond motifs is 1. The zero-order valence-corrected chi connectivity index (χ0v) is 15.0. The Morgan fingerprint density at radius 1 is 1.26 bits per heavy atom. The van der Waals surface area contributed by atoms with Crippen LogP contribution in [0.3, 0.4) is 0 Å². The van der Waals surface area contributed by atoms with E-state index in [2.05, 4.69) is 5.10 Å². The van der Waals surface area contributed by atoms with E-state index < -0.39 is 4.92 Å². The highest BCUT2D eigenvalue weighted by Gasteiger charge is 2.28. The van der Waals surface area contributed by atoms with Crippen LogP contribution in [-0.4, -0.2) is 27.2 Å². The number of aromatic nitrogens is 2. The molecule has 0 bridgehead atoms. The zero-order chi connectivity index (χ0) is 19.0. The Morgan fingerprint density at radius 3 is 2.85 bits per heavy atom. The number of carbonyl (C=O) groups is 1. The Morgan fingerprint density at radius 2 is 2.07 bits per heavy atom. The van der Waals surface area contributed by atoms with Crippen LogP contribution in [0.25, 0.3) is 0 Å². The van der Waals surface area contributed by atoms with Crippen LogP contribution >= 0.6 is 11.6 Å². The third-order valence-corrected chi connectivity index (χ3v) is 4.96. The number of hydrogen-bond donors (Lipinski definition) is 0. The normalized spacial score (nSPS) is 12.9. The van der Waals surface area contributed by atoms with Crippen LogP contribution in [-0.2, 0) is 13.0 Å². The molecule has 1 amide bonds. The van der Waals surface area contributed by atoms with Gasteiger partial charge in [0.25, 0.3) is 11.6 Å². The summed E-state index contributed by atoms with van der Waals surface area (Å²) in [6.45, 7) is 0.944. The van der Waals surface area contributed by atoms with Gasteiger partial charge in [0.15, 0.2) is 0 Å². The molecule has 1 aliphatic rings. The smallest absolute Gasteiger partial charge is 0.271 e. The van der Waals surface area contributed by atoms with Crippen LogP contribution in [0.5, 0.6) is 0 Å². The molecule has 4 rings (SSSR count). The molecule has 8 heteroatoms. The molecule has 0 atom stereocenters. The molecule has 27 heavy (non-hydrogen) atoms. The minimum Gasteiger partial charge on any atom is -0.307 e. The summed E-state index contributed by atoms with van der Waals surface area (Å²) in [6.07, 6.45) is 3.85. The summed E-state index contributed by atoms with van der Waals surface area (Å²) < 4.78 is 1.65. The minimum absolute atomic E-state index is 0.0251. The highest BCUT2D eigenvalue weighted by molar-refractivity contribution is 6.31. The highest BCUT2D eigenvalue weighted by Crippen LogP contribution is 2.32. The molecule has 1 aromatic heterocycles. The molecule has 0 unspecified atom stereocenters. The standard InChI is InChI=1S/C19H15ClN4O3/c20-17-4-2-1-3-14(17)11-22-12-15(10-21-22)19(25)23-8-7-13-5-6-16(24(26)27)9-18(13)23/h1-6,9-10,12H,7-8,11H2. The van der Waals surface area contributed by atoms with E-state index in [9.17, 15) is 14.9 Å². The number of benzene rings is 2. The number of hydrogen-bond acceptors (Lipinski definition) is 4. The molecule has 0 aliphatic carbocycles. The van der Waals surface area contributed by atoms with Gasteiger partial charge in [-0.1, -0.05) is 35.9 Å². The van der Waals surface area contributed by atoms with Gasteiger partial charge in [-0.3, -0.25) is 19.6 Å². The van der Waals surface area contributed by atoms with Crippen molar-refractivity contribution in [3.05, 3.63) is 86.7 Å². The lowest BCUT2D eigenvalue weighted by Crippen LogP contribution is -2.28. The van der Waals surface area contributed by atoms with E-state index in [1.54, 1.807) is 27.9 Å². The van der Waals surface area contributed by atoms with Gasteiger partial charge in [-0.15, -0.1) is 0 Å². The summed E-state index contributed by atoms with van der Waals surface area (Å²) in [5.74, 6) is -0.223. The highest BCUT2D eigenvalue weighted by atomic mass is 35.5. The summed E-state index contributed by atoms with van der Waals surface area (Å²) >= 11 is 6.17. The molecule has 0 saturated carbocycles. The maximum atomic E-state index is 12.9. The third-order valence-electron chi connectivity index (χ3n) is 4.59. The summed E-state index contributed by atoms with van der Waals surface area (Å²) in [5.41, 5.74) is 2.83. The van der Waals surface area contributed by atoms with Gasteiger partial charge in [0, 0.05) is 29.9 Å². The average molecular weight is 383 g/mol. The molecule has 1 aliphatic heterocycles. The largest absolute Gasteiger partial charge is 0.307 e. The van der Waals surface area contributed by atoms with E-state index in [1.165, 1.54) is 18.3 Å². The zero-order valence-electron chi connectivity index (χ0n) is 14.2. The first-order valence-corrected chi connectivity index (χ1v) is 8.76. The van der Waals surface area contributed by atoms with Gasteiger partial charge in [0.1, 0.15) is 0 Å². The second-order valence-electron chi connectivity index (χ2n) is 6.29. The monoisotopic (exact) mass is 382 g/mol. The number of amides is 1. The molecular weight excluding hydrogens is 368 g/mol. The number of carbonyl (C=O) groups excluding carboxylic acids is 1. The van der Waals surface area contributed by atoms with Gasteiger partial charge in [0.2, 0.25) is 0 Å². The minimum atomic E-state index is -0.455. The number of halogens is 1. The van der Waals surface area contributed by atoms with Crippen LogP contribution in [0, 0.1) is 10.1 Å². The van der Waals surface area contributed by atoms with E-state index in [1.807, 2.05) is 18.2 Å². The summed E-state index contributed by atoms with van der Waals surface area (Å²) in [7, 11) is 0. The Kier molecular flexibility index (Phi) is 4.37. The van der Waals surface area contributed by atoms with Gasteiger partial charge >= 0.3 is 0 Å². The van der Waals surface area contributed by atoms with E-state index in [0.29, 0.717) is 35.8 Å². The predicted molar refractivity (Wildman–Crippen MR) is 101 cm³/mol. The van der Waals surface area contributed by atoms with Crippen LogP contribution in [0.4, 0.5) is 11.4 Å². The van der Waals surface area contributed by atoms with Crippen LogP contribution < -0.4 is 4.90 Å². The van der Waals surface area contributed by atoms with Crippen LogP contribution in [0.2, 0.25) is 5.02 Å². The van der Waals surface area contributed by atoms with E-state index in [4.69, 9.17) is 11.6 Å². The van der Waals surface area contributed by atoms with Gasteiger partial charge in [0.05, 0.1) is 28.9 Å². The summed E-state index contributed by atoms with van der Waals surface area (Å²) in [5, 5.41) is 15.9. The molecule has 2 aromatic carbocycles. The fourth-order valence-corrected chi connectivity index (χ4v) is 3.41. The van der Waals surface area contributed by atoms with Crippen molar-refractivity contribution in [3.63, 3.8) is 0 Å². The average Bonchev–Trinajstić information content (AvgIpc) is 3.29. The first-order chi connectivity index (χ1) is 13.0. The topological polar surface area (TPSA) is 81.3 Å². The second-order valence-corrected chi connectivity index (χ2v) is 6.70. The number of rotatable bonds is 4. The maximum Gasteiger partial charge on any atom is 0.271 e. The lowest BCUT2D eigenvalue weighted by atomic mass is 10.1. The van der Waals surface area contributed by atoms with Crippen molar-refractivity contribution in [2.45, 2.75) is 13.0 Å². The molecular formula is C19H15ClN4O3. The Hall–Kier alpha value is -3.19. The van der Waals surface area contributed by atoms with E-state index in [-0.39, 0.29) is 11.6 Å². The van der Waals surface area contributed by atoms with Crippen LogP contribution in [0.1, 0.15) is 21.5 Å². The molecule has 7 nitrogen and oxygen atoms in total. The van der Waals surface area contributed by atoms with Gasteiger partial charge in [-0.05, 0) is 23.6 Å². The van der Waals surface area contributed by atoms with Crippen molar-refractivity contribution < 1.29 is 9.72 Å². The van der Waals surface area contributed by atoms with Crippen molar-refractivity contribution in [3.8, 4) is 0 Å². The second kappa shape index (κ2) is 6.85. The molecule has 0 radical (unpaired) electrons. The van der Waals surface area contributed by atoms with E-state index >= 15 is 0 Å². The van der Waals surface area contributed by atoms with Gasteiger partial charge in [-0.25, -0.2) is 0 Å². The number of nitrogens with zero attached hydrogens (tertiary/aromatic N) is 4. The predicted octanol–water partition coefficient (Wildman–Crippen LogP) is 3.70. The molecule has 0 saturated heterocycles. The van der Waals surface area contributed by atoms with Crippen molar-refractivity contribution in [2.75, 3.05) is 11.4 Å². The molecule has 136 valence electrons. The van der Waals surface area contributed by atoms with Crippen molar-refractivity contribution in [1.82, 2.24) is 9.78 Å². The third kappa shape index (κ3) is 3.29. The van der Waals surface area contributed by atoms with Crippen molar-refractivity contribution in [2.24, 2.45) is 0 Å². The van der Waals surface area contributed by atoms with Crippen molar-refractivity contribution in [1.29, 1.82) is 0 Å². The van der Waals surface area contributed by atoms with E-state index in [0.717, 1.165) is 11.1 Å². The van der Waals surface area contributed by atoms with Gasteiger partial charge in [-0.2, -0.15) is 5.10 Å². The summed E-state index contributed by atoms with van der Waals surface area (Å²) in [4.78, 5) is 25.0. The number of non-ortho nitro benzene ring substituents is 1. The number of nitro benzene ring substituents is 1. The maximum absolute atomic E-state index is 12.9. The molecule has 0 fully saturated rings. The summed E-state index contributed by atoms with van der Waals surface area (Å²) in [6, 6.07) is 12.1. The number of anilines is 1. The first kappa shape index (κ1) is 17.2. The quantitative estimate of drug-likeness (QED) is 0.509. The lowest BCUT2D eigenvalue weighted by molar-refractivity contribution is -0.384. The molecule has 2 heterocycles. The fourth-order valence-electron chi connectivity index (χ4n) is 3.21. The lowest BCUT2D eigenvalue weighted by Gasteiger charge is -2.16. The number of nitro groups is 1. The Labute approximate surface area is 159 Å². The fraction of sp³-hybridized carbons (Fsp3) is 0.158.